The molecule has 0 bridgehead atoms. The highest BCUT2D eigenvalue weighted by Gasteiger charge is 2.27. The highest BCUT2D eigenvalue weighted by molar-refractivity contribution is 5.20. The number of benzene rings is 2. The lowest BCUT2D eigenvalue weighted by Crippen LogP contribution is -2.37. The van der Waals surface area contributed by atoms with Crippen LogP contribution in [-0.2, 0) is 11.3 Å². The molecule has 150 valence electrons. The molecule has 3 rings (SSSR count). The van der Waals surface area contributed by atoms with E-state index in [4.69, 9.17) is 4.74 Å². The molecule has 0 saturated heterocycles. The fraction of sp³-hybridized carbons (Fsp3) is 0.440. The minimum absolute atomic E-state index is 0.0334. The summed E-state index contributed by atoms with van der Waals surface area (Å²) in [6.45, 7) is 7.25. The second-order valence-electron chi connectivity index (χ2n) is 7.70. The summed E-state index contributed by atoms with van der Waals surface area (Å²) in [4.78, 5) is 4.83. The molecule has 0 radical (unpaired) electrons. The van der Waals surface area contributed by atoms with E-state index in [9.17, 15) is 0 Å². The van der Waals surface area contributed by atoms with Crippen molar-refractivity contribution in [3.8, 4) is 0 Å². The molecular formula is C25H34N2O. The molecule has 0 aliphatic carbocycles. The van der Waals surface area contributed by atoms with Gasteiger partial charge in [-0.2, -0.15) is 0 Å². The first-order valence-corrected chi connectivity index (χ1v) is 10.7. The minimum atomic E-state index is 0.0334. The van der Waals surface area contributed by atoms with Crippen LogP contribution in [0.1, 0.15) is 56.8 Å². The lowest BCUT2D eigenvalue weighted by Gasteiger charge is -2.33. The zero-order valence-corrected chi connectivity index (χ0v) is 17.3. The number of hydrogen-bond acceptors (Lipinski definition) is 3. The molecule has 1 heterocycles. The highest BCUT2D eigenvalue weighted by atomic mass is 16.5. The van der Waals surface area contributed by atoms with Crippen LogP contribution in [0.25, 0.3) is 0 Å². The fourth-order valence-corrected chi connectivity index (χ4v) is 3.73. The molecule has 0 amide bonds. The Morgan fingerprint density at radius 2 is 1.61 bits per heavy atom. The van der Waals surface area contributed by atoms with Gasteiger partial charge in [0, 0.05) is 18.9 Å². The molecule has 1 aliphatic heterocycles. The van der Waals surface area contributed by atoms with Crippen molar-refractivity contribution in [2.75, 3.05) is 13.2 Å². The van der Waals surface area contributed by atoms with Gasteiger partial charge in [0.05, 0.1) is 19.3 Å². The van der Waals surface area contributed by atoms with Crippen LogP contribution in [0.3, 0.4) is 0 Å². The minimum Gasteiger partial charge on any atom is -0.367 e. The maximum absolute atomic E-state index is 6.44. The van der Waals surface area contributed by atoms with E-state index < -0.39 is 0 Å². The van der Waals surface area contributed by atoms with Gasteiger partial charge in [-0.05, 0) is 24.5 Å². The molecule has 2 atom stereocenters. The van der Waals surface area contributed by atoms with Gasteiger partial charge in [0.25, 0.3) is 0 Å². The summed E-state index contributed by atoms with van der Waals surface area (Å²) in [6.07, 6.45) is 9.72. The third-order valence-electron chi connectivity index (χ3n) is 5.47. The Balaban J connectivity index is 1.61. The van der Waals surface area contributed by atoms with Gasteiger partial charge in [0.2, 0.25) is 0 Å². The number of rotatable bonds is 11. The van der Waals surface area contributed by atoms with E-state index in [2.05, 4.69) is 90.6 Å². The number of unbranched alkanes of at least 4 members (excludes halogenated alkanes) is 3. The Bertz CT molecular complexity index is 701. The van der Waals surface area contributed by atoms with Gasteiger partial charge < -0.3 is 14.5 Å². The molecule has 0 aromatic heterocycles. The van der Waals surface area contributed by atoms with E-state index in [1.54, 1.807) is 0 Å². The molecule has 2 unspecified atom stereocenters. The summed E-state index contributed by atoms with van der Waals surface area (Å²) >= 11 is 0. The van der Waals surface area contributed by atoms with Gasteiger partial charge in [0.1, 0.15) is 6.10 Å². The van der Waals surface area contributed by atoms with Crippen molar-refractivity contribution in [2.24, 2.45) is 0 Å². The lowest BCUT2D eigenvalue weighted by atomic mass is 10.0. The first-order valence-electron chi connectivity index (χ1n) is 10.7. The topological polar surface area (TPSA) is 15.7 Å². The van der Waals surface area contributed by atoms with E-state index in [0.717, 1.165) is 13.2 Å². The second-order valence-corrected chi connectivity index (χ2v) is 7.70. The first-order chi connectivity index (χ1) is 13.8. The van der Waals surface area contributed by atoms with Crippen molar-refractivity contribution in [3.63, 3.8) is 0 Å². The summed E-state index contributed by atoms with van der Waals surface area (Å²) in [6, 6.07) is 21.3. The van der Waals surface area contributed by atoms with Crippen molar-refractivity contribution < 1.29 is 4.74 Å². The average molecular weight is 379 g/mol. The van der Waals surface area contributed by atoms with E-state index in [0.29, 0.717) is 6.61 Å². The van der Waals surface area contributed by atoms with Crippen molar-refractivity contribution in [1.82, 2.24) is 9.80 Å². The Kier molecular flexibility index (Phi) is 7.98. The standard InChI is InChI=1S/C25H34N2O/c1-3-4-5-12-17-26-18-19-27(21-26)22(2)25(24-15-10-7-11-16-24)28-20-23-13-8-6-9-14-23/h6-11,13-16,18-19,22,25H,3-5,12,17,20-21H2,1-2H3. The average Bonchev–Trinajstić information content (AvgIpc) is 3.22. The second kappa shape index (κ2) is 10.9. The van der Waals surface area contributed by atoms with Crippen LogP contribution in [0.4, 0.5) is 0 Å². The van der Waals surface area contributed by atoms with Gasteiger partial charge in [-0.3, -0.25) is 0 Å². The van der Waals surface area contributed by atoms with Gasteiger partial charge in [0.15, 0.2) is 0 Å². The highest BCUT2D eigenvalue weighted by Crippen LogP contribution is 2.28. The smallest absolute Gasteiger partial charge is 0.103 e. The van der Waals surface area contributed by atoms with Crippen molar-refractivity contribution in [3.05, 3.63) is 84.2 Å². The SMILES string of the molecule is CCCCCCN1C=CN(C(C)C(OCc2ccccc2)c2ccccc2)C1. The lowest BCUT2D eigenvalue weighted by molar-refractivity contribution is -0.0120. The molecule has 0 fully saturated rings. The van der Waals surface area contributed by atoms with Crippen LogP contribution in [0, 0.1) is 0 Å². The molecule has 2 aromatic rings. The van der Waals surface area contributed by atoms with Gasteiger partial charge in [-0.1, -0.05) is 86.8 Å². The molecular weight excluding hydrogens is 344 g/mol. The van der Waals surface area contributed by atoms with E-state index in [1.807, 2.05) is 6.07 Å². The maximum Gasteiger partial charge on any atom is 0.103 e. The Morgan fingerprint density at radius 1 is 0.893 bits per heavy atom. The molecule has 0 spiro atoms. The van der Waals surface area contributed by atoms with Crippen LogP contribution >= 0.6 is 0 Å². The summed E-state index contributed by atoms with van der Waals surface area (Å²) in [7, 11) is 0. The van der Waals surface area contributed by atoms with Crippen LogP contribution in [0.5, 0.6) is 0 Å². The largest absolute Gasteiger partial charge is 0.367 e. The van der Waals surface area contributed by atoms with E-state index in [-0.39, 0.29) is 12.1 Å². The molecule has 28 heavy (non-hydrogen) atoms. The summed E-state index contributed by atoms with van der Waals surface area (Å²) < 4.78 is 6.44. The predicted octanol–water partition coefficient (Wildman–Crippen LogP) is 5.96. The Morgan fingerprint density at radius 3 is 2.32 bits per heavy atom. The van der Waals surface area contributed by atoms with E-state index in [1.165, 1.54) is 36.8 Å². The number of ether oxygens (including phenoxy) is 1. The third-order valence-corrected chi connectivity index (χ3v) is 5.47. The summed E-state index contributed by atoms with van der Waals surface area (Å²) in [5.74, 6) is 0. The quantitative estimate of drug-likeness (QED) is 0.449. The normalized spacial score (nSPS) is 15.8. The van der Waals surface area contributed by atoms with Crippen LogP contribution in [0.2, 0.25) is 0 Å². The summed E-state index contributed by atoms with van der Waals surface area (Å²) in [5, 5.41) is 0. The van der Waals surface area contributed by atoms with Crippen LogP contribution < -0.4 is 0 Å². The predicted molar refractivity (Wildman–Crippen MR) is 117 cm³/mol. The number of nitrogens with zero attached hydrogens (tertiary/aromatic N) is 2. The third kappa shape index (κ3) is 5.87. The van der Waals surface area contributed by atoms with Crippen LogP contribution in [0.15, 0.2) is 73.1 Å². The maximum atomic E-state index is 6.44. The van der Waals surface area contributed by atoms with Crippen LogP contribution in [-0.4, -0.2) is 29.1 Å². The monoisotopic (exact) mass is 378 g/mol. The van der Waals surface area contributed by atoms with Gasteiger partial charge in [-0.25, -0.2) is 0 Å². The van der Waals surface area contributed by atoms with Crippen molar-refractivity contribution >= 4 is 0 Å². The molecule has 3 nitrogen and oxygen atoms in total. The molecule has 3 heteroatoms. The zero-order valence-electron chi connectivity index (χ0n) is 17.3. The summed E-state index contributed by atoms with van der Waals surface area (Å²) in [5.41, 5.74) is 2.45. The van der Waals surface area contributed by atoms with Gasteiger partial charge in [-0.15, -0.1) is 0 Å². The Labute approximate surface area is 170 Å². The van der Waals surface area contributed by atoms with Crippen molar-refractivity contribution in [1.29, 1.82) is 0 Å². The molecule has 2 aromatic carbocycles. The number of hydrogen-bond donors (Lipinski definition) is 0. The van der Waals surface area contributed by atoms with E-state index >= 15 is 0 Å². The molecule has 1 aliphatic rings. The molecule has 0 saturated carbocycles. The first kappa shape index (κ1) is 20.5. The molecule has 0 N–H and O–H groups in total. The Hall–Kier alpha value is -2.26. The van der Waals surface area contributed by atoms with Crippen molar-refractivity contribution in [2.45, 2.75) is 58.3 Å². The zero-order chi connectivity index (χ0) is 19.6. The fourth-order valence-electron chi connectivity index (χ4n) is 3.73. The van der Waals surface area contributed by atoms with Gasteiger partial charge >= 0.3 is 0 Å².